The summed E-state index contributed by atoms with van der Waals surface area (Å²) in [6.07, 6.45) is 0. The van der Waals surface area contributed by atoms with Crippen LogP contribution in [0.4, 0.5) is 0 Å². The van der Waals surface area contributed by atoms with Gasteiger partial charge in [-0.15, -0.1) is 0 Å². The molecule has 0 aliphatic heterocycles. The van der Waals surface area contributed by atoms with Crippen LogP contribution in [0.3, 0.4) is 0 Å². The van der Waals surface area contributed by atoms with Crippen LogP contribution in [0.25, 0.3) is 0 Å². The largest absolute Gasteiger partial charge is 2.00 e. The zero-order valence-electron chi connectivity index (χ0n) is 22.6. The van der Waals surface area contributed by atoms with Crippen LogP contribution in [-0.2, 0) is 295 Å². The third-order valence-electron chi connectivity index (χ3n) is 0. The van der Waals surface area contributed by atoms with Gasteiger partial charge in [-0.25, -0.2) is 0 Å². The zero-order valence-corrected chi connectivity index (χ0v) is 40.6. The Kier molecular flexibility index (Phi) is 178000. The molecule has 0 aromatic rings. The predicted octanol–water partition coefficient (Wildman–Crippen LogP) is -13.5. The van der Waals surface area contributed by atoms with Crippen molar-refractivity contribution in [3.8, 4) is 0 Å². The molecule has 0 unspecified atom stereocenters. The molecular weight excluding hydrogens is 1060 g/mol. The van der Waals surface area contributed by atoms with E-state index < -0.39 is 0 Å². The van der Waals surface area contributed by atoms with Crippen LogP contribution in [0, 0.1) is 0 Å². The second-order valence-electron chi connectivity index (χ2n) is 0. The number of hydrogen-bond acceptors (Lipinski definition) is 0. The van der Waals surface area contributed by atoms with Crippen molar-refractivity contribution in [3.63, 3.8) is 0 Å². The molecule has 32 nitrogen and oxygen atoms in total. The minimum absolute atomic E-state index is 0. The van der Waals surface area contributed by atoms with Gasteiger partial charge in [0.15, 0.2) is 0 Å². The van der Waals surface area contributed by atoms with Crippen molar-refractivity contribution in [1.29, 1.82) is 0 Å². The first-order valence-electron chi connectivity index (χ1n) is 0. The van der Waals surface area contributed by atoms with Gasteiger partial charge in [0.25, 0.3) is 0 Å². The average Bonchev–Trinajstić information content (AvgIpc) is 0. The summed E-state index contributed by atoms with van der Waals surface area (Å²) in [6.45, 7) is 0. The van der Waals surface area contributed by atoms with Crippen LogP contribution in [0.15, 0.2) is 0 Å². The van der Waals surface area contributed by atoms with E-state index in [4.69, 9.17) is 0 Å². The normalized spacial score (nSPS) is 0. The molecule has 44 heteroatoms. The Labute approximate surface area is 416 Å². The van der Waals surface area contributed by atoms with Gasteiger partial charge in [-0.05, 0) is 0 Å². The average molecular weight is 1090 g/mol. The van der Waals surface area contributed by atoms with E-state index in [0.29, 0.717) is 0 Å². The standard InChI is InChI=1S/4H3N.2Na.8H2O.20O.10V/h4*1H3;;;8*1H2;;;;;;;;;;;;;;;;;;;;;;;;;;;;;;/q;;;;2*+1;;;;;;;;;20*-2;;;;;;;;;;/p+4. The molecule has 0 atom stereocenters. The Morgan fingerprint density at radius 2 is 0.114 bits per heavy atom. The minimum Gasteiger partial charge on any atom is -2.00 e. The van der Waals surface area contributed by atoms with Gasteiger partial charge in [0.05, 0.1) is 0 Å². The molecule has 44 heavy (non-hydrogen) atoms. The number of rotatable bonds is 0. The van der Waals surface area contributed by atoms with Gasteiger partial charge in [0.1, 0.15) is 0 Å². The molecule has 0 aliphatic rings. The summed E-state index contributed by atoms with van der Waals surface area (Å²) in [7, 11) is 0. The fourth-order valence-electron chi connectivity index (χ4n) is 0. The van der Waals surface area contributed by atoms with Crippen LogP contribution < -0.4 is 83.7 Å². The molecule has 32 N–H and O–H groups in total. The second-order valence-corrected chi connectivity index (χ2v) is 0. The fraction of sp³-hybridized carbons (Fsp3) is 0. The molecule has 0 saturated heterocycles. The quantitative estimate of drug-likeness (QED) is 0.164. The molecule has 0 aromatic heterocycles. The molecule has 0 fully saturated rings. The summed E-state index contributed by atoms with van der Waals surface area (Å²) in [5.41, 5.74) is 0. The van der Waals surface area contributed by atoms with Crippen molar-refractivity contribution < 1.29 is 398 Å². The molecule has 0 aromatic carbocycles. The van der Waals surface area contributed by atoms with E-state index in [1.165, 1.54) is 0 Å². The minimum atomic E-state index is 0. The molecule has 0 spiro atoms. The van der Waals surface area contributed by atoms with Gasteiger partial charge in [-0.1, -0.05) is 0 Å². The van der Waals surface area contributed by atoms with Crippen molar-refractivity contribution in [2.45, 2.75) is 0 Å². The molecule has 0 heterocycles. The van der Waals surface area contributed by atoms with Gasteiger partial charge in [-0.3, -0.25) is 0 Å². The zero-order chi connectivity index (χ0) is 0. The second kappa shape index (κ2) is 2710. The van der Waals surface area contributed by atoms with Crippen molar-refractivity contribution in [2.75, 3.05) is 0 Å². The summed E-state index contributed by atoms with van der Waals surface area (Å²) < 4.78 is 0. The van der Waals surface area contributed by atoms with Gasteiger partial charge >= 0.3 is 59.1 Å². The first-order chi connectivity index (χ1) is 0. The van der Waals surface area contributed by atoms with Crippen molar-refractivity contribution in [3.05, 3.63) is 0 Å². The Balaban J connectivity index is 0. The summed E-state index contributed by atoms with van der Waals surface area (Å²) >= 11 is 0. The van der Waals surface area contributed by atoms with E-state index in [2.05, 4.69) is 0 Å². The monoisotopic (exact) mass is 1090 g/mol. The Morgan fingerprint density at radius 1 is 0.114 bits per heavy atom. The number of quaternary nitrogens is 4. The van der Waals surface area contributed by atoms with E-state index in [9.17, 15) is 0 Å². The summed E-state index contributed by atoms with van der Waals surface area (Å²) in [6, 6.07) is 0. The topological polar surface area (TPSA) is 968 Å². The molecule has 0 amide bonds. The third kappa shape index (κ3) is 2550. The van der Waals surface area contributed by atoms with Crippen molar-refractivity contribution >= 4 is 0 Å². The molecule has 306 valence electrons. The van der Waals surface area contributed by atoms with Crippen LogP contribution in [0.5, 0.6) is 0 Å². The first-order valence-corrected chi connectivity index (χ1v) is 0. The summed E-state index contributed by atoms with van der Waals surface area (Å²) in [4.78, 5) is 0. The first kappa shape index (κ1) is 2880. The molecule has 0 saturated carbocycles. The molecule has 0 rings (SSSR count). The van der Waals surface area contributed by atoms with E-state index in [1.807, 2.05) is 0 Å². The van der Waals surface area contributed by atoms with Gasteiger partial charge in [0.2, 0.25) is 0 Å². The van der Waals surface area contributed by atoms with Crippen molar-refractivity contribution in [2.24, 2.45) is 0 Å². The van der Waals surface area contributed by atoms with E-state index in [0.717, 1.165) is 0 Å². The predicted molar refractivity (Wildman–Crippen MR) is 66.6 cm³/mol. The Hall–Kier alpha value is 6.56. The Morgan fingerprint density at radius 3 is 0.114 bits per heavy atom. The van der Waals surface area contributed by atoms with E-state index in [1.54, 1.807) is 0 Å². The van der Waals surface area contributed by atoms with Crippen LogP contribution >= 0.6 is 0 Å². The third-order valence-corrected chi connectivity index (χ3v) is 0. The maximum Gasteiger partial charge on any atom is 1.00 e. The molecule has 0 bridgehead atoms. The molecular formula is H32N4Na2O28V10-34. The van der Waals surface area contributed by atoms with E-state index >= 15 is 0 Å². The fourth-order valence-corrected chi connectivity index (χ4v) is 0. The van der Waals surface area contributed by atoms with Gasteiger partial charge < -0.3 is 178 Å². The summed E-state index contributed by atoms with van der Waals surface area (Å²) in [5, 5.41) is 0. The molecule has 0 aliphatic carbocycles. The SMILES string of the molecule is O.O.O.O.O.O.O.O.[NH4+].[NH4+].[NH4+].[NH4+].[Na+].[Na+].[O-2].[O-2].[O-2].[O-2].[O-2].[O-2].[O-2].[O-2].[O-2].[O-2].[O-2].[O-2].[O-2].[O-2].[O-2].[O-2].[O-2].[O-2].[O-2].[O-2].[V].[V].[V].[V].[V].[V].[V].[V].[V].[V]. The maximum absolute atomic E-state index is 0. The van der Waals surface area contributed by atoms with Gasteiger partial charge in [-0.2, -0.15) is 0 Å². The summed E-state index contributed by atoms with van der Waals surface area (Å²) in [5.74, 6) is 0. The number of hydrogen-bond donors (Lipinski definition) is 4. The van der Waals surface area contributed by atoms with Gasteiger partial charge in [0, 0.05) is 186 Å². The van der Waals surface area contributed by atoms with Crippen LogP contribution in [-0.4, -0.2) is 43.8 Å². The smallest absolute Gasteiger partial charge is 1.00 e. The molecule has 10 radical (unpaired) electrons. The van der Waals surface area contributed by atoms with E-state index in [-0.39, 0.29) is 423 Å². The maximum atomic E-state index is 0. The van der Waals surface area contributed by atoms with Crippen LogP contribution in [0.2, 0.25) is 0 Å². The van der Waals surface area contributed by atoms with Crippen LogP contribution in [0.1, 0.15) is 0 Å². The van der Waals surface area contributed by atoms with Crippen molar-refractivity contribution in [1.82, 2.24) is 24.6 Å². The Bertz CT molecular complexity index is 62.4.